The van der Waals surface area contributed by atoms with Crippen molar-refractivity contribution in [2.24, 2.45) is 5.41 Å². The highest BCUT2D eigenvalue weighted by molar-refractivity contribution is 8.01. The minimum Gasteiger partial charge on any atom is -0.374 e. The van der Waals surface area contributed by atoms with E-state index in [0.717, 1.165) is 24.1 Å². The second-order valence-corrected chi connectivity index (χ2v) is 10.3. The number of hydrogen-bond donors (Lipinski definition) is 2. The van der Waals surface area contributed by atoms with E-state index in [1.807, 2.05) is 23.0 Å². The maximum absolute atomic E-state index is 12.6. The molecule has 0 saturated heterocycles. The number of aromatic nitrogens is 4. The highest BCUT2D eigenvalue weighted by Gasteiger charge is 2.36. The molecule has 3 N–H and O–H groups in total. The van der Waals surface area contributed by atoms with Crippen LogP contribution in [0.15, 0.2) is 34.8 Å². The van der Waals surface area contributed by atoms with Gasteiger partial charge in [-0.2, -0.15) is 5.10 Å². The van der Waals surface area contributed by atoms with Crippen LogP contribution in [0.1, 0.15) is 43.1 Å². The maximum Gasteiger partial charge on any atom is 0.230 e. The lowest BCUT2D eigenvalue weighted by molar-refractivity contribution is -0.119. The summed E-state index contributed by atoms with van der Waals surface area (Å²) in [5.74, 6) is 0.258. The second kappa shape index (κ2) is 7.79. The lowest BCUT2D eigenvalue weighted by atomic mass is 9.74. The zero-order chi connectivity index (χ0) is 20.6. The van der Waals surface area contributed by atoms with Crippen LogP contribution in [0.5, 0.6) is 0 Å². The number of nitrogen functional groups attached to an aromatic ring is 1. The molecule has 1 atom stereocenters. The van der Waals surface area contributed by atoms with E-state index in [0.29, 0.717) is 9.47 Å². The SMILES string of the molecule is Cc1ccccc1-n1ncc2c1CC(C)(C)C[C@@H]2NC(=O)CSc1nnc(N)s1. The summed E-state index contributed by atoms with van der Waals surface area (Å²) < 4.78 is 2.73. The van der Waals surface area contributed by atoms with Crippen LogP contribution in [0.3, 0.4) is 0 Å². The molecule has 2 heterocycles. The number of nitrogens with zero attached hydrogens (tertiary/aromatic N) is 4. The first-order valence-electron chi connectivity index (χ1n) is 9.46. The number of carbonyl (C=O) groups excluding carboxylic acids is 1. The molecule has 2 aromatic heterocycles. The number of amides is 1. The van der Waals surface area contributed by atoms with E-state index in [2.05, 4.69) is 53.5 Å². The van der Waals surface area contributed by atoms with Gasteiger partial charge in [0.25, 0.3) is 0 Å². The van der Waals surface area contributed by atoms with Gasteiger partial charge in [0, 0.05) is 5.56 Å². The Morgan fingerprint density at radius 1 is 1.38 bits per heavy atom. The van der Waals surface area contributed by atoms with E-state index in [4.69, 9.17) is 5.73 Å². The summed E-state index contributed by atoms with van der Waals surface area (Å²) in [4.78, 5) is 12.6. The summed E-state index contributed by atoms with van der Waals surface area (Å²) in [6.07, 6.45) is 3.70. The molecule has 3 aromatic rings. The highest BCUT2D eigenvalue weighted by atomic mass is 32.2. The largest absolute Gasteiger partial charge is 0.374 e. The Bertz CT molecular complexity index is 1040. The van der Waals surface area contributed by atoms with Gasteiger partial charge in [0.2, 0.25) is 11.0 Å². The van der Waals surface area contributed by atoms with Crippen molar-refractivity contribution in [1.29, 1.82) is 0 Å². The second-order valence-electron chi connectivity index (χ2n) is 8.10. The molecule has 1 aromatic carbocycles. The number of carbonyl (C=O) groups is 1. The van der Waals surface area contributed by atoms with Gasteiger partial charge in [-0.3, -0.25) is 4.79 Å². The van der Waals surface area contributed by atoms with E-state index < -0.39 is 0 Å². The molecule has 1 aliphatic carbocycles. The first-order valence-corrected chi connectivity index (χ1v) is 11.3. The Labute approximate surface area is 178 Å². The molecule has 1 amide bonds. The van der Waals surface area contributed by atoms with Gasteiger partial charge in [0.15, 0.2) is 4.34 Å². The number of para-hydroxylation sites is 1. The van der Waals surface area contributed by atoms with Gasteiger partial charge in [-0.1, -0.05) is 55.1 Å². The lowest BCUT2D eigenvalue weighted by Crippen LogP contribution is -2.37. The quantitative estimate of drug-likeness (QED) is 0.603. The first-order chi connectivity index (χ1) is 13.8. The van der Waals surface area contributed by atoms with Crippen molar-refractivity contribution in [3.8, 4) is 5.69 Å². The topological polar surface area (TPSA) is 98.7 Å². The lowest BCUT2D eigenvalue weighted by Gasteiger charge is -2.36. The summed E-state index contributed by atoms with van der Waals surface area (Å²) in [5, 5.41) is 16.0. The zero-order valence-electron chi connectivity index (χ0n) is 16.7. The molecule has 1 aliphatic rings. The normalized spacial score (nSPS) is 17.7. The van der Waals surface area contributed by atoms with Crippen LogP contribution < -0.4 is 11.1 Å². The van der Waals surface area contributed by atoms with E-state index in [1.165, 1.54) is 34.4 Å². The molecule has 0 saturated carbocycles. The van der Waals surface area contributed by atoms with E-state index in [-0.39, 0.29) is 23.1 Å². The molecule has 0 radical (unpaired) electrons. The summed E-state index contributed by atoms with van der Waals surface area (Å²) in [7, 11) is 0. The number of anilines is 1. The molecule has 4 rings (SSSR count). The van der Waals surface area contributed by atoms with E-state index in [9.17, 15) is 4.79 Å². The van der Waals surface area contributed by atoms with Crippen molar-refractivity contribution in [1.82, 2.24) is 25.3 Å². The van der Waals surface area contributed by atoms with Crippen molar-refractivity contribution < 1.29 is 4.79 Å². The Hall–Kier alpha value is -2.39. The summed E-state index contributed by atoms with van der Waals surface area (Å²) in [6.45, 7) is 6.57. The van der Waals surface area contributed by atoms with Crippen LogP contribution in [-0.4, -0.2) is 31.6 Å². The molecule has 0 spiro atoms. The van der Waals surface area contributed by atoms with Crippen molar-refractivity contribution in [3.63, 3.8) is 0 Å². The third kappa shape index (κ3) is 4.30. The molecule has 0 fully saturated rings. The van der Waals surface area contributed by atoms with Crippen molar-refractivity contribution in [3.05, 3.63) is 47.3 Å². The number of fused-ring (bicyclic) bond motifs is 1. The third-order valence-corrected chi connectivity index (χ3v) is 6.99. The zero-order valence-corrected chi connectivity index (χ0v) is 18.3. The molecule has 0 bridgehead atoms. The fourth-order valence-corrected chi connectivity index (χ4v) is 5.27. The van der Waals surface area contributed by atoms with Crippen LogP contribution in [-0.2, 0) is 11.2 Å². The van der Waals surface area contributed by atoms with Gasteiger partial charge in [-0.15, -0.1) is 10.2 Å². The first kappa shape index (κ1) is 19.9. The van der Waals surface area contributed by atoms with Gasteiger partial charge in [0.1, 0.15) is 0 Å². The van der Waals surface area contributed by atoms with Crippen LogP contribution in [0.4, 0.5) is 5.13 Å². The van der Waals surface area contributed by atoms with Crippen LogP contribution >= 0.6 is 23.1 Å². The third-order valence-electron chi connectivity index (χ3n) is 5.11. The average molecular weight is 429 g/mol. The summed E-state index contributed by atoms with van der Waals surface area (Å²) in [6, 6.07) is 8.18. The van der Waals surface area contributed by atoms with Crippen LogP contribution in [0, 0.1) is 12.3 Å². The van der Waals surface area contributed by atoms with Gasteiger partial charge < -0.3 is 11.1 Å². The number of benzene rings is 1. The number of thioether (sulfide) groups is 1. The summed E-state index contributed by atoms with van der Waals surface area (Å²) >= 11 is 2.65. The average Bonchev–Trinajstić information content (AvgIpc) is 3.26. The van der Waals surface area contributed by atoms with E-state index >= 15 is 0 Å². The van der Waals surface area contributed by atoms with Gasteiger partial charge >= 0.3 is 0 Å². The molecule has 152 valence electrons. The van der Waals surface area contributed by atoms with Gasteiger partial charge in [0.05, 0.1) is 29.4 Å². The smallest absolute Gasteiger partial charge is 0.230 e. The Kier molecular flexibility index (Phi) is 5.35. The van der Waals surface area contributed by atoms with Crippen molar-refractivity contribution in [2.45, 2.75) is 44.0 Å². The molecule has 9 heteroatoms. The molecule has 0 unspecified atom stereocenters. The van der Waals surface area contributed by atoms with Crippen molar-refractivity contribution in [2.75, 3.05) is 11.5 Å². The molecular formula is C20H24N6OS2. The van der Waals surface area contributed by atoms with Crippen molar-refractivity contribution >= 4 is 34.1 Å². The Balaban J connectivity index is 1.55. The molecule has 29 heavy (non-hydrogen) atoms. The number of hydrogen-bond acceptors (Lipinski definition) is 7. The monoisotopic (exact) mass is 428 g/mol. The predicted octanol–water partition coefficient (Wildman–Crippen LogP) is 3.54. The fourth-order valence-electron chi connectivity index (χ4n) is 3.82. The molecule has 0 aliphatic heterocycles. The minimum absolute atomic E-state index is 0.0268. The highest BCUT2D eigenvalue weighted by Crippen LogP contribution is 2.41. The van der Waals surface area contributed by atoms with E-state index in [1.54, 1.807) is 0 Å². The molecular weight excluding hydrogens is 404 g/mol. The number of rotatable bonds is 5. The standard InChI is InChI=1S/C20H24N6OS2/c1-12-6-4-5-7-15(12)26-16-9-20(2,3)8-14(13(16)10-22-26)23-17(27)11-28-19-25-24-18(21)29-19/h4-7,10,14H,8-9,11H2,1-3H3,(H2,21,24)(H,23,27)/t14-/m0/s1. The fraction of sp³-hybridized carbons (Fsp3) is 0.400. The number of nitrogens with one attached hydrogen (secondary N) is 1. The minimum atomic E-state index is -0.0564. The van der Waals surface area contributed by atoms with Crippen LogP contribution in [0.25, 0.3) is 5.69 Å². The summed E-state index contributed by atoms with van der Waals surface area (Å²) in [5.41, 5.74) is 10.2. The maximum atomic E-state index is 12.6. The molecule has 7 nitrogen and oxygen atoms in total. The Morgan fingerprint density at radius 2 is 2.17 bits per heavy atom. The van der Waals surface area contributed by atoms with Gasteiger partial charge in [-0.25, -0.2) is 4.68 Å². The number of nitrogens with two attached hydrogens (primary N) is 1. The predicted molar refractivity (Wildman–Crippen MR) is 116 cm³/mol. The Morgan fingerprint density at radius 3 is 2.90 bits per heavy atom. The van der Waals surface area contributed by atoms with Gasteiger partial charge in [-0.05, 0) is 36.8 Å². The number of aryl methyl sites for hydroxylation is 1. The van der Waals surface area contributed by atoms with Crippen LogP contribution in [0.2, 0.25) is 0 Å².